The summed E-state index contributed by atoms with van der Waals surface area (Å²) in [6, 6.07) is 0. The van der Waals surface area contributed by atoms with Gasteiger partial charge in [0, 0.05) is 5.25 Å². The van der Waals surface area contributed by atoms with E-state index in [1.807, 2.05) is 0 Å². The SMILES string of the molecule is CCCCCCCC(O)CCCCC(CCCCC)S(=O)(=O)[O-].[K+]. The van der Waals surface area contributed by atoms with E-state index >= 15 is 0 Å². The minimum absolute atomic E-state index is 0. The second kappa shape index (κ2) is 17.9. The van der Waals surface area contributed by atoms with Gasteiger partial charge < -0.3 is 9.66 Å². The van der Waals surface area contributed by atoms with Crippen LogP contribution in [0.25, 0.3) is 0 Å². The van der Waals surface area contributed by atoms with Crippen LogP contribution in [0.1, 0.15) is 104 Å². The van der Waals surface area contributed by atoms with E-state index in [-0.39, 0.29) is 57.5 Å². The Kier molecular flexibility index (Phi) is 20.7. The van der Waals surface area contributed by atoms with Crippen LogP contribution in [0.2, 0.25) is 0 Å². The van der Waals surface area contributed by atoms with Crippen molar-refractivity contribution in [3.05, 3.63) is 0 Å². The molecule has 0 heterocycles. The van der Waals surface area contributed by atoms with Crippen LogP contribution >= 0.6 is 0 Å². The molecule has 2 unspecified atom stereocenters. The summed E-state index contributed by atoms with van der Waals surface area (Å²) in [6.07, 6.45) is 12.5. The van der Waals surface area contributed by atoms with Crippen molar-refractivity contribution in [3.8, 4) is 0 Å². The van der Waals surface area contributed by atoms with Gasteiger partial charge in [-0.25, -0.2) is 8.42 Å². The quantitative estimate of drug-likeness (QED) is 0.248. The molecule has 0 aliphatic carbocycles. The predicted molar refractivity (Wildman–Crippen MR) is 95.5 cm³/mol. The third-order valence-corrected chi connectivity index (χ3v) is 5.78. The molecule has 4 nitrogen and oxygen atoms in total. The minimum atomic E-state index is -4.18. The van der Waals surface area contributed by atoms with E-state index in [0.717, 1.165) is 38.5 Å². The standard InChI is InChI=1S/C18H38O4S.K/c1-3-5-7-8-10-13-17(19)14-11-12-16-18(23(20,21)22)15-9-6-4-2;/h17-19H,3-16H2,1-2H3,(H,20,21,22);/q;+1/p-1. The zero-order valence-electron chi connectivity index (χ0n) is 16.1. The van der Waals surface area contributed by atoms with Crippen molar-refractivity contribution < 1.29 is 69.5 Å². The van der Waals surface area contributed by atoms with E-state index in [2.05, 4.69) is 13.8 Å². The number of aliphatic hydroxyl groups is 1. The topological polar surface area (TPSA) is 77.4 Å². The molecule has 0 amide bonds. The molecule has 0 spiro atoms. The second-order valence-electron chi connectivity index (χ2n) is 6.75. The van der Waals surface area contributed by atoms with E-state index < -0.39 is 15.4 Å². The van der Waals surface area contributed by atoms with Gasteiger partial charge in [0.2, 0.25) is 0 Å². The van der Waals surface area contributed by atoms with Gasteiger partial charge in [-0.2, -0.15) is 0 Å². The van der Waals surface area contributed by atoms with E-state index in [1.165, 1.54) is 25.7 Å². The first-order valence-corrected chi connectivity index (χ1v) is 11.0. The Bertz CT molecular complexity index is 360. The average molecular weight is 389 g/mol. The first kappa shape index (κ1) is 27.7. The molecule has 2 atom stereocenters. The van der Waals surface area contributed by atoms with Crippen LogP contribution in [-0.2, 0) is 10.1 Å². The molecule has 0 fully saturated rings. The molecule has 0 radical (unpaired) electrons. The Morgan fingerprint density at radius 1 is 0.750 bits per heavy atom. The number of hydrogen-bond donors (Lipinski definition) is 1. The smallest absolute Gasteiger partial charge is 0.748 e. The zero-order valence-corrected chi connectivity index (χ0v) is 20.1. The molecule has 0 rings (SSSR count). The monoisotopic (exact) mass is 388 g/mol. The van der Waals surface area contributed by atoms with E-state index in [4.69, 9.17) is 0 Å². The summed E-state index contributed by atoms with van der Waals surface area (Å²) in [5.74, 6) is 0. The largest absolute Gasteiger partial charge is 1.00 e. The third-order valence-electron chi connectivity index (χ3n) is 4.49. The van der Waals surface area contributed by atoms with Crippen molar-refractivity contribution in [3.63, 3.8) is 0 Å². The maximum absolute atomic E-state index is 11.3. The van der Waals surface area contributed by atoms with Crippen LogP contribution in [0.4, 0.5) is 0 Å². The van der Waals surface area contributed by atoms with Gasteiger partial charge in [-0.3, -0.25) is 0 Å². The van der Waals surface area contributed by atoms with Gasteiger partial charge in [0.25, 0.3) is 0 Å². The third kappa shape index (κ3) is 16.9. The fourth-order valence-electron chi connectivity index (χ4n) is 2.93. The molecule has 1 N–H and O–H groups in total. The Labute approximate surface area is 192 Å². The first-order chi connectivity index (χ1) is 10.9. The molecule has 0 aliphatic rings. The number of aliphatic hydroxyl groups excluding tert-OH is 1. The molecule has 140 valence electrons. The van der Waals surface area contributed by atoms with Gasteiger partial charge in [0.1, 0.15) is 0 Å². The zero-order chi connectivity index (χ0) is 17.6. The molecule has 0 bridgehead atoms. The summed E-state index contributed by atoms with van der Waals surface area (Å²) in [5, 5.41) is 9.19. The van der Waals surface area contributed by atoms with E-state index in [1.54, 1.807) is 0 Å². The van der Waals surface area contributed by atoms with Gasteiger partial charge in [0.15, 0.2) is 0 Å². The van der Waals surface area contributed by atoms with Gasteiger partial charge >= 0.3 is 51.4 Å². The summed E-state index contributed by atoms with van der Waals surface area (Å²) in [6.45, 7) is 4.25. The molecule has 0 saturated carbocycles. The van der Waals surface area contributed by atoms with Crippen LogP contribution in [0, 0.1) is 0 Å². The van der Waals surface area contributed by atoms with Crippen LogP contribution < -0.4 is 51.4 Å². The fraction of sp³-hybridized carbons (Fsp3) is 1.00. The molecular weight excluding hydrogens is 351 g/mol. The fourth-order valence-corrected chi connectivity index (χ4v) is 3.85. The second-order valence-corrected chi connectivity index (χ2v) is 8.40. The number of hydrogen-bond acceptors (Lipinski definition) is 4. The molecule has 0 aromatic rings. The Morgan fingerprint density at radius 3 is 1.62 bits per heavy atom. The molecule has 24 heavy (non-hydrogen) atoms. The van der Waals surface area contributed by atoms with Crippen molar-refractivity contribution in [2.75, 3.05) is 0 Å². The van der Waals surface area contributed by atoms with Gasteiger partial charge in [-0.05, 0) is 25.7 Å². The van der Waals surface area contributed by atoms with Crippen molar-refractivity contribution in [1.82, 2.24) is 0 Å². The molecular formula is C18H37KO4S. The summed E-state index contributed by atoms with van der Waals surface area (Å²) < 4.78 is 33.8. The van der Waals surface area contributed by atoms with E-state index in [0.29, 0.717) is 25.7 Å². The van der Waals surface area contributed by atoms with Crippen molar-refractivity contribution in [2.24, 2.45) is 0 Å². The van der Waals surface area contributed by atoms with Crippen molar-refractivity contribution in [1.29, 1.82) is 0 Å². The van der Waals surface area contributed by atoms with Gasteiger partial charge in [-0.15, -0.1) is 0 Å². The van der Waals surface area contributed by atoms with Gasteiger partial charge in [0.05, 0.1) is 16.2 Å². The van der Waals surface area contributed by atoms with E-state index in [9.17, 15) is 18.1 Å². The summed E-state index contributed by atoms with van der Waals surface area (Å²) in [7, 11) is -4.18. The summed E-state index contributed by atoms with van der Waals surface area (Å²) >= 11 is 0. The molecule has 0 aromatic heterocycles. The van der Waals surface area contributed by atoms with Crippen LogP contribution in [0.15, 0.2) is 0 Å². The Morgan fingerprint density at radius 2 is 1.12 bits per heavy atom. The molecule has 6 heteroatoms. The summed E-state index contributed by atoms with van der Waals surface area (Å²) in [5.41, 5.74) is 0. The molecule has 0 aliphatic heterocycles. The maximum Gasteiger partial charge on any atom is 1.00 e. The predicted octanol–water partition coefficient (Wildman–Crippen LogP) is 1.77. The Hall–Kier alpha value is 1.51. The average Bonchev–Trinajstić information content (AvgIpc) is 2.48. The van der Waals surface area contributed by atoms with Gasteiger partial charge in [-0.1, -0.05) is 78.1 Å². The number of rotatable bonds is 16. The normalized spacial score (nSPS) is 14.2. The maximum atomic E-state index is 11.3. The molecule has 0 aromatic carbocycles. The van der Waals surface area contributed by atoms with Crippen LogP contribution in [0.5, 0.6) is 0 Å². The molecule has 0 saturated heterocycles. The van der Waals surface area contributed by atoms with Crippen molar-refractivity contribution in [2.45, 2.75) is 115 Å². The first-order valence-electron chi connectivity index (χ1n) is 9.54. The minimum Gasteiger partial charge on any atom is -0.748 e. The summed E-state index contributed by atoms with van der Waals surface area (Å²) in [4.78, 5) is 0. The Balaban J connectivity index is 0. The van der Waals surface area contributed by atoms with Crippen LogP contribution in [0.3, 0.4) is 0 Å². The number of unbranched alkanes of at least 4 members (excludes halogenated alkanes) is 7. The van der Waals surface area contributed by atoms with Crippen LogP contribution in [-0.4, -0.2) is 29.4 Å². The van der Waals surface area contributed by atoms with Crippen molar-refractivity contribution >= 4 is 10.1 Å².